The second-order valence-corrected chi connectivity index (χ2v) is 7.85. The molecule has 1 aromatic rings. The molecule has 0 aliphatic carbocycles. The van der Waals surface area contributed by atoms with Crippen LogP contribution in [0.1, 0.15) is 13.3 Å². The van der Waals surface area contributed by atoms with Crippen LogP contribution in [0.3, 0.4) is 0 Å². The minimum Gasteiger partial charge on any atom is -0.481 e. The topological polar surface area (TPSA) is 74.7 Å². The molecule has 8 heteroatoms. The van der Waals surface area contributed by atoms with Gasteiger partial charge in [-0.1, -0.05) is 15.9 Å². The first kappa shape index (κ1) is 15.4. The van der Waals surface area contributed by atoms with E-state index in [9.17, 15) is 17.6 Å². The first-order valence-electron chi connectivity index (χ1n) is 5.85. The molecule has 1 unspecified atom stereocenters. The third-order valence-corrected chi connectivity index (χ3v) is 5.84. The second kappa shape index (κ2) is 5.09. The Morgan fingerprint density at radius 2 is 2.15 bits per heavy atom. The monoisotopic (exact) mass is 365 g/mol. The molecule has 0 spiro atoms. The van der Waals surface area contributed by atoms with Crippen molar-refractivity contribution >= 4 is 31.9 Å². The van der Waals surface area contributed by atoms with Crippen molar-refractivity contribution in [1.82, 2.24) is 4.31 Å². The molecule has 0 saturated carbocycles. The Balaban J connectivity index is 2.35. The summed E-state index contributed by atoms with van der Waals surface area (Å²) in [6, 6.07) is 3.67. The number of sulfonamides is 1. The van der Waals surface area contributed by atoms with Crippen LogP contribution in [-0.4, -0.2) is 36.9 Å². The number of carboxylic acids is 1. The number of benzene rings is 1. The van der Waals surface area contributed by atoms with E-state index in [4.69, 9.17) is 5.11 Å². The molecule has 0 amide bonds. The fraction of sp³-hybridized carbons (Fsp3) is 0.417. The smallest absolute Gasteiger partial charge is 0.310 e. The largest absolute Gasteiger partial charge is 0.481 e. The summed E-state index contributed by atoms with van der Waals surface area (Å²) >= 11 is 3.06. The highest BCUT2D eigenvalue weighted by molar-refractivity contribution is 9.10. The van der Waals surface area contributed by atoms with Crippen LogP contribution in [-0.2, 0) is 14.8 Å². The molecule has 0 aromatic heterocycles. The number of halogens is 2. The van der Waals surface area contributed by atoms with Crippen molar-refractivity contribution in [2.75, 3.05) is 13.1 Å². The van der Waals surface area contributed by atoms with E-state index in [1.54, 1.807) is 0 Å². The molecule has 1 fully saturated rings. The molecule has 110 valence electrons. The fourth-order valence-electron chi connectivity index (χ4n) is 2.12. The van der Waals surface area contributed by atoms with Crippen molar-refractivity contribution in [2.24, 2.45) is 5.41 Å². The van der Waals surface area contributed by atoms with Gasteiger partial charge in [0.2, 0.25) is 10.0 Å². The van der Waals surface area contributed by atoms with Gasteiger partial charge in [-0.25, -0.2) is 12.8 Å². The fourth-order valence-corrected chi connectivity index (χ4v) is 4.07. The van der Waals surface area contributed by atoms with Crippen LogP contribution in [0.2, 0.25) is 0 Å². The van der Waals surface area contributed by atoms with E-state index in [0.29, 0.717) is 4.47 Å². The molecule has 1 saturated heterocycles. The first-order valence-corrected chi connectivity index (χ1v) is 8.09. The summed E-state index contributed by atoms with van der Waals surface area (Å²) in [6.07, 6.45) is 0.208. The lowest BCUT2D eigenvalue weighted by molar-refractivity contribution is -0.146. The second-order valence-electron chi connectivity index (χ2n) is 5.03. The maximum absolute atomic E-state index is 13.8. The van der Waals surface area contributed by atoms with Gasteiger partial charge in [-0.2, -0.15) is 4.31 Å². The van der Waals surface area contributed by atoms with Gasteiger partial charge in [0.05, 0.1) is 5.41 Å². The number of nitrogens with zero attached hydrogens (tertiary/aromatic N) is 1. The quantitative estimate of drug-likeness (QED) is 0.889. The van der Waals surface area contributed by atoms with Crippen molar-refractivity contribution in [3.05, 3.63) is 28.5 Å². The van der Waals surface area contributed by atoms with Crippen molar-refractivity contribution < 1.29 is 22.7 Å². The summed E-state index contributed by atoms with van der Waals surface area (Å²) < 4.78 is 40.0. The molecule has 5 nitrogen and oxygen atoms in total. The van der Waals surface area contributed by atoms with Gasteiger partial charge in [0, 0.05) is 17.6 Å². The van der Waals surface area contributed by atoms with Gasteiger partial charge in [0.25, 0.3) is 0 Å². The summed E-state index contributed by atoms with van der Waals surface area (Å²) in [5.41, 5.74) is -1.13. The van der Waals surface area contributed by atoms with Gasteiger partial charge >= 0.3 is 5.97 Å². The number of aliphatic carboxylic acids is 1. The molecule has 1 N–H and O–H groups in total. The number of carboxylic acid groups (broad SMARTS) is 1. The van der Waals surface area contributed by atoms with E-state index in [1.165, 1.54) is 19.1 Å². The molecular formula is C12H13BrFNO4S. The summed E-state index contributed by atoms with van der Waals surface area (Å²) in [5.74, 6) is -1.91. The minimum atomic E-state index is -4.02. The lowest BCUT2D eigenvalue weighted by Gasteiger charge is -2.20. The van der Waals surface area contributed by atoms with Crippen LogP contribution in [0.25, 0.3) is 0 Å². The highest BCUT2D eigenvalue weighted by Crippen LogP contribution is 2.34. The van der Waals surface area contributed by atoms with E-state index in [0.717, 1.165) is 10.4 Å². The molecule has 1 aliphatic heterocycles. The summed E-state index contributed by atoms with van der Waals surface area (Å²) in [7, 11) is -4.02. The molecule has 0 radical (unpaired) electrons. The Morgan fingerprint density at radius 1 is 1.50 bits per heavy atom. The maximum atomic E-state index is 13.8. The van der Waals surface area contributed by atoms with Crippen LogP contribution < -0.4 is 0 Å². The number of rotatable bonds is 3. The zero-order valence-corrected chi connectivity index (χ0v) is 13.0. The van der Waals surface area contributed by atoms with Gasteiger partial charge in [-0.15, -0.1) is 0 Å². The zero-order valence-electron chi connectivity index (χ0n) is 10.6. The Bertz CT molecular complexity index is 663. The van der Waals surface area contributed by atoms with Crippen LogP contribution >= 0.6 is 15.9 Å². The van der Waals surface area contributed by atoms with Crippen molar-refractivity contribution in [3.8, 4) is 0 Å². The van der Waals surface area contributed by atoms with Gasteiger partial charge in [0.1, 0.15) is 10.7 Å². The van der Waals surface area contributed by atoms with Gasteiger partial charge in [-0.3, -0.25) is 4.79 Å². The molecule has 2 rings (SSSR count). The molecule has 1 aliphatic rings. The van der Waals surface area contributed by atoms with Crippen LogP contribution in [0.15, 0.2) is 27.6 Å². The van der Waals surface area contributed by atoms with Crippen LogP contribution in [0.5, 0.6) is 0 Å². The Kier molecular flexibility index (Phi) is 3.92. The molecule has 1 aromatic carbocycles. The van der Waals surface area contributed by atoms with Crippen LogP contribution in [0.4, 0.5) is 4.39 Å². The molecule has 1 atom stereocenters. The number of carbonyl (C=O) groups is 1. The third-order valence-electron chi connectivity index (χ3n) is 3.47. The van der Waals surface area contributed by atoms with Crippen molar-refractivity contribution in [1.29, 1.82) is 0 Å². The molecule has 20 heavy (non-hydrogen) atoms. The summed E-state index contributed by atoms with van der Waals surface area (Å²) in [4.78, 5) is 10.7. The van der Waals surface area contributed by atoms with Gasteiger partial charge < -0.3 is 5.11 Å². The number of hydrogen-bond acceptors (Lipinski definition) is 3. The van der Waals surface area contributed by atoms with Crippen molar-refractivity contribution in [3.63, 3.8) is 0 Å². The maximum Gasteiger partial charge on any atom is 0.310 e. The van der Waals surface area contributed by atoms with Gasteiger partial charge in [-0.05, 0) is 31.5 Å². The standard InChI is InChI=1S/C12H13BrFNO4S/c1-12(11(16)17)4-5-15(7-12)20(18,19)10-3-2-8(13)6-9(10)14/h2-3,6H,4-5,7H2,1H3,(H,16,17). The van der Waals surface area contributed by atoms with E-state index in [1.807, 2.05) is 0 Å². The molecular weight excluding hydrogens is 353 g/mol. The SMILES string of the molecule is CC1(C(=O)O)CCN(S(=O)(=O)c2ccc(Br)cc2F)C1. The average Bonchev–Trinajstić information content (AvgIpc) is 2.73. The normalized spacial score (nSPS) is 23.9. The number of hydrogen-bond donors (Lipinski definition) is 1. The highest BCUT2D eigenvalue weighted by Gasteiger charge is 2.45. The third kappa shape index (κ3) is 2.59. The average molecular weight is 366 g/mol. The highest BCUT2D eigenvalue weighted by atomic mass is 79.9. The Hall–Kier alpha value is -0.990. The minimum absolute atomic E-state index is 0.0701. The lowest BCUT2D eigenvalue weighted by atomic mass is 9.90. The lowest BCUT2D eigenvalue weighted by Crippen LogP contribution is -2.35. The molecule has 0 bridgehead atoms. The van der Waals surface area contributed by atoms with Crippen LogP contribution in [0, 0.1) is 11.2 Å². The predicted octanol–water partition coefficient (Wildman–Crippen LogP) is 2.07. The van der Waals surface area contributed by atoms with Gasteiger partial charge in [0.15, 0.2) is 0 Å². The zero-order chi connectivity index (χ0) is 15.1. The van der Waals surface area contributed by atoms with E-state index >= 15 is 0 Å². The van der Waals surface area contributed by atoms with E-state index in [-0.39, 0.29) is 19.5 Å². The van der Waals surface area contributed by atoms with E-state index < -0.39 is 32.1 Å². The molecule has 1 heterocycles. The first-order chi connectivity index (χ1) is 9.17. The van der Waals surface area contributed by atoms with Crippen molar-refractivity contribution in [2.45, 2.75) is 18.2 Å². The summed E-state index contributed by atoms with van der Waals surface area (Å²) in [6.45, 7) is 1.41. The van der Waals surface area contributed by atoms with E-state index in [2.05, 4.69) is 15.9 Å². The summed E-state index contributed by atoms with van der Waals surface area (Å²) in [5, 5.41) is 9.12. The predicted molar refractivity (Wildman–Crippen MR) is 73.2 cm³/mol. The Labute approximate surface area is 124 Å². The Morgan fingerprint density at radius 3 is 2.65 bits per heavy atom.